The van der Waals surface area contributed by atoms with Crippen LogP contribution in [0.25, 0.3) is 0 Å². The lowest BCUT2D eigenvalue weighted by Crippen LogP contribution is -1.99. The number of aromatic carboxylic acids is 1. The zero-order valence-electron chi connectivity index (χ0n) is 10.0. The van der Waals surface area contributed by atoms with Gasteiger partial charge in [-0.05, 0) is 47.1 Å². The molecule has 4 nitrogen and oxygen atoms in total. The molecule has 1 aromatic carbocycles. The molecule has 2 aromatic rings. The number of anilines is 1. The maximum Gasteiger partial charge on any atom is 0.339 e. The molecule has 2 N–H and O–H groups in total. The number of rotatable bonds is 4. The molecule has 2 rings (SSSR count). The van der Waals surface area contributed by atoms with Crippen molar-refractivity contribution in [3.05, 3.63) is 51.6 Å². The van der Waals surface area contributed by atoms with E-state index < -0.39 is 5.97 Å². The van der Waals surface area contributed by atoms with Gasteiger partial charge in [-0.25, -0.2) is 9.18 Å². The number of furan rings is 1. The maximum absolute atomic E-state index is 13.3. The molecule has 0 aliphatic rings. The number of halogens is 2. The second-order valence-corrected chi connectivity index (χ2v) is 4.82. The van der Waals surface area contributed by atoms with Gasteiger partial charge in [0.25, 0.3) is 0 Å². The third-order valence-corrected chi connectivity index (χ3v) is 3.23. The predicted molar refractivity (Wildman–Crippen MR) is 71.8 cm³/mol. The summed E-state index contributed by atoms with van der Waals surface area (Å²) in [6, 6.07) is 6.10. The van der Waals surface area contributed by atoms with E-state index in [9.17, 15) is 9.18 Å². The Morgan fingerprint density at radius 1 is 1.47 bits per heavy atom. The molecule has 0 aliphatic carbocycles. The van der Waals surface area contributed by atoms with E-state index in [0.29, 0.717) is 21.7 Å². The largest absolute Gasteiger partial charge is 0.478 e. The molecule has 0 saturated carbocycles. The molecular weight excluding hydrogens is 317 g/mol. The van der Waals surface area contributed by atoms with Crippen molar-refractivity contribution in [2.45, 2.75) is 13.5 Å². The average molecular weight is 328 g/mol. The molecule has 0 unspecified atom stereocenters. The van der Waals surface area contributed by atoms with Gasteiger partial charge in [0.15, 0.2) is 0 Å². The predicted octanol–water partition coefficient (Wildman–Crippen LogP) is 3.80. The van der Waals surface area contributed by atoms with Crippen molar-refractivity contribution in [3.8, 4) is 0 Å². The van der Waals surface area contributed by atoms with E-state index in [1.165, 1.54) is 12.1 Å². The Hall–Kier alpha value is -1.82. The first-order chi connectivity index (χ1) is 8.97. The molecule has 0 radical (unpaired) electrons. The first-order valence-corrected chi connectivity index (χ1v) is 6.28. The highest BCUT2D eigenvalue weighted by atomic mass is 79.9. The zero-order chi connectivity index (χ0) is 14.0. The van der Waals surface area contributed by atoms with Gasteiger partial charge in [-0.1, -0.05) is 0 Å². The lowest BCUT2D eigenvalue weighted by molar-refractivity contribution is 0.0695. The summed E-state index contributed by atoms with van der Waals surface area (Å²) in [7, 11) is 0. The molecule has 1 heterocycles. The van der Waals surface area contributed by atoms with Crippen LogP contribution in [0.15, 0.2) is 33.2 Å². The third kappa shape index (κ3) is 3.14. The van der Waals surface area contributed by atoms with Crippen LogP contribution in [0.4, 0.5) is 10.1 Å². The molecule has 0 saturated heterocycles. The summed E-state index contributed by atoms with van der Waals surface area (Å²) < 4.78 is 19.0. The second-order valence-electron chi connectivity index (χ2n) is 3.97. The number of carboxylic acid groups (broad SMARTS) is 1. The Labute approximate surface area is 117 Å². The van der Waals surface area contributed by atoms with Crippen molar-refractivity contribution in [2.75, 3.05) is 5.32 Å². The Kier molecular flexibility index (Phi) is 3.90. The average Bonchev–Trinajstić information content (AvgIpc) is 2.72. The van der Waals surface area contributed by atoms with Gasteiger partial charge in [-0.3, -0.25) is 0 Å². The summed E-state index contributed by atoms with van der Waals surface area (Å²) in [5, 5.41) is 11.9. The van der Waals surface area contributed by atoms with Crippen molar-refractivity contribution >= 4 is 27.6 Å². The zero-order valence-corrected chi connectivity index (χ0v) is 11.6. The van der Waals surface area contributed by atoms with Gasteiger partial charge < -0.3 is 14.8 Å². The van der Waals surface area contributed by atoms with E-state index in [1.807, 2.05) is 0 Å². The lowest BCUT2D eigenvalue weighted by Gasteiger charge is -2.05. The standard InChI is InChI=1S/C13H11BrFNO3/c1-7-10(13(17)18)5-9(19-7)6-16-8-2-3-11(14)12(15)4-8/h2-5,16H,6H2,1H3,(H,17,18). The van der Waals surface area contributed by atoms with Crippen LogP contribution in [0.3, 0.4) is 0 Å². The highest BCUT2D eigenvalue weighted by Crippen LogP contribution is 2.21. The number of nitrogens with one attached hydrogen (secondary N) is 1. The van der Waals surface area contributed by atoms with Crippen molar-refractivity contribution in [1.82, 2.24) is 0 Å². The molecule has 0 aliphatic heterocycles. The SMILES string of the molecule is Cc1oc(CNc2ccc(Br)c(F)c2)cc1C(=O)O. The summed E-state index contributed by atoms with van der Waals surface area (Å²) in [4.78, 5) is 10.9. The molecule has 0 amide bonds. The number of hydrogen-bond donors (Lipinski definition) is 2. The van der Waals surface area contributed by atoms with E-state index in [4.69, 9.17) is 9.52 Å². The van der Waals surface area contributed by atoms with Gasteiger partial charge >= 0.3 is 5.97 Å². The summed E-state index contributed by atoms with van der Waals surface area (Å²) in [5.41, 5.74) is 0.727. The fourth-order valence-electron chi connectivity index (χ4n) is 1.64. The molecule has 0 atom stereocenters. The molecular formula is C13H11BrFNO3. The molecule has 0 fully saturated rings. The highest BCUT2D eigenvalue weighted by molar-refractivity contribution is 9.10. The lowest BCUT2D eigenvalue weighted by atomic mass is 10.2. The fraction of sp³-hybridized carbons (Fsp3) is 0.154. The Morgan fingerprint density at radius 3 is 2.79 bits per heavy atom. The van der Waals surface area contributed by atoms with Gasteiger partial charge in [-0.15, -0.1) is 0 Å². The molecule has 6 heteroatoms. The molecule has 19 heavy (non-hydrogen) atoms. The minimum Gasteiger partial charge on any atom is -0.478 e. The minimum atomic E-state index is -1.03. The number of carboxylic acids is 1. The Morgan fingerprint density at radius 2 is 2.21 bits per heavy atom. The molecule has 100 valence electrons. The smallest absolute Gasteiger partial charge is 0.339 e. The first kappa shape index (κ1) is 13.6. The Bertz CT molecular complexity index is 624. The van der Waals surface area contributed by atoms with Crippen LogP contribution in [0.2, 0.25) is 0 Å². The van der Waals surface area contributed by atoms with Gasteiger partial charge in [0.1, 0.15) is 22.9 Å². The number of hydrogen-bond acceptors (Lipinski definition) is 3. The van der Waals surface area contributed by atoms with Gasteiger partial charge in [0.2, 0.25) is 0 Å². The fourth-order valence-corrected chi connectivity index (χ4v) is 1.89. The van der Waals surface area contributed by atoms with E-state index in [0.717, 1.165) is 0 Å². The van der Waals surface area contributed by atoms with Crippen LogP contribution in [-0.2, 0) is 6.54 Å². The summed E-state index contributed by atoms with van der Waals surface area (Å²) in [6.07, 6.45) is 0. The van der Waals surface area contributed by atoms with Crippen molar-refractivity contribution in [2.24, 2.45) is 0 Å². The summed E-state index contributed by atoms with van der Waals surface area (Å²) in [5.74, 6) is -0.557. The summed E-state index contributed by atoms with van der Waals surface area (Å²) in [6.45, 7) is 1.88. The highest BCUT2D eigenvalue weighted by Gasteiger charge is 2.13. The third-order valence-electron chi connectivity index (χ3n) is 2.59. The minimum absolute atomic E-state index is 0.138. The van der Waals surface area contributed by atoms with Crippen LogP contribution >= 0.6 is 15.9 Å². The molecule has 1 aromatic heterocycles. The van der Waals surface area contributed by atoms with Crippen molar-refractivity contribution in [3.63, 3.8) is 0 Å². The number of carbonyl (C=O) groups is 1. The van der Waals surface area contributed by atoms with Gasteiger partial charge in [0, 0.05) is 5.69 Å². The first-order valence-electron chi connectivity index (χ1n) is 5.49. The summed E-state index contributed by atoms with van der Waals surface area (Å²) >= 11 is 3.07. The Balaban J connectivity index is 2.08. The maximum atomic E-state index is 13.3. The normalized spacial score (nSPS) is 10.5. The number of aryl methyl sites for hydroxylation is 1. The van der Waals surface area contributed by atoms with E-state index in [1.54, 1.807) is 19.1 Å². The van der Waals surface area contributed by atoms with Crippen LogP contribution in [0.1, 0.15) is 21.9 Å². The van der Waals surface area contributed by atoms with Gasteiger partial charge in [0.05, 0.1) is 11.0 Å². The van der Waals surface area contributed by atoms with Crippen molar-refractivity contribution in [1.29, 1.82) is 0 Å². The van der Waals surface area contributed by atoms with Crippen LogP contribution in [-0.4, -0.2) is 11.1 Å². The van der Waals surface area contributed by atoms with Crippen molar-refractivity contribution < 1.29 is 18.7 Å². The molecule has 0 bridgehead atoms. The van der Waals surface area contributed by atoms with Crippen LogP contribution in [0, 0.1) is 12.7 Å². The van der Waals surface area contributed by atoms with Crippen LogP contribution in [0.5, 0.6) is 0 Å². The quantitative estimate of drug-likeness (QED) is 0.896. The monoisotopic (exact) mass is 327 g/mol. The van der Waals surface area contributed by atoms with Crippen LogP contribution < -0.4 is 5.32 Å². The van der Waals surface area contributed by atoms with E-state index in [-0.39, 0.29) is 17.9 Å². The van der Waals surface area contributed by atoms with E-state index >= 15 is 0 Å². The topological polar surface area (TPSA) is 62.5 Å². The second kappa shape index (κ2) is 5.44. The molecule has 0 spiro atoms. The number of benzene rings is 1. The van der Waals surface area contributed by atoms with E-state index in [2.05, 4.69) is 21.2 Å². The van der Waals surface area contributed by atoms with Gasteiger partial charge in [-0.2, -0.15) is 0 Å².